The van der Waals surface area contributed by atoms with Crippen molar-refractivity contribution in [3.05, 3.63) is 24.2 Å². The van der Waals surface area contributed by atoms with Crippen LogP contribution in [0.4, 0.5) is 0 Å². The van der Waals surface area contributed by atoms with Crippen LogP contribution < -0.4 is 0 Å². The van der Waals surface area contributed by atoms with Crippen molar-refractivity contribution in [1.29, 1.82) is 0 Å². The second-order valence-corrected chi connectivity index (χ2v) is 7.39. The SMILES string of the molecule is CC(C)N1CCCC1n1c(C2CCN(C)C2)nc2cccnc21. The van der Waals surface area contributed by atoms with Crippen molar-refractivity contribution >= 4 is 11.2 Å². The van der Waals surface area contributed by atoms with Crippen molar-refractivity contribution in [2.45, 2.75) is 51.2 Å². The molecular formula is C18H27N5. The van der Waals surface area contributed by atoms with Crippen molar-refractivity contribution in [3.8, 4) is 0 Å². The Morgan fingerprint density at radius 3 is 2.83 bits per heavy atom. The smallest absolute Gasteiger partial charge is 0.161 e. The maximum atomic E-state index is 5.01. The van der Waals surface area contributed by atoms with Crippen LogP contribution in [0.2, 0.25) is 0 Å². The maximum Gasteiger partial charge on any atom is 0.161 e. The number of hydrogen-bond donors (Lipinski definition) is 0. The van der Waals surface area contributed by atoms with Gasteiger partial charge in [-0.15, -0.1) is 0 Å². The van der Waals surface area contributed by atoms with E-state index in [9.17, 15) is 0 Å². The number of imidazole rings is 1. The molecule has 0 aliphatic carbocycles. The van der Waals surface area contributed by atoms with Gasteiger partial charge >= 0.3 is 0 Å². The fourth-order valence-corrected chi connectivity index (χ4v) is 4.33. The lowest BCUT2D eigenvalue weighted by atomic mass is 10.1. The second-order valence-electron chi connectivity index (χ2n) is 7.39. The highest BCUT2D eigenvalue weighted by Gasteiger charge is 2.34. The van der Waals surface area contributed by atoms with Crippen LogP contribution in [-0.2, 0) is 0 Å². The molecule has 2 saturated heterocycles. The van der Waals surface area contributed by atoms with E-state index in [4.69, 9.17) is 9.97 Å². The molecule has 0 spiro atoms. The molecule has 4 heterocycles. The highest BCUT2D eigenvalue weighted by Crippen LogP contribution is 2.36. The first kappa shape index (κ1) is 15.1. The van der Waals surface area contributed by atoms with Gasteiger partial charge in [0.05, 0.1) is 6.17 Å². The van der Waals surface area contributed by atoms with E-state index in [1.807, 2.05) is 12.3 Å². The zero-order valence-corrected chi connectivity index (χ0v) is 14.4. The molecule has 2 aliphatic heterocycles. The van der Waals surface area contributed by atoms with Gasteiger partial charge in [0.25, 0.3) is 0 Å². The van der Waals surface area contributed by atoms with Gasteiger partial charge in [0.1, 0.15) is 11.3 Å². The zero-order valence-electron chi connectivity index (χ0n) is 14.4. The van der Waals surface area contributed by atoms with Gasteiger partial charge in [-0.3, -0.25) is 9.47 Å². The molecule has 2 aromatic heterocycles. The molecule has 0 saturated carbocycles. The molecule has 2 unspecified atom stereocenters. The molecule has 0 amide bonds. The average Bonchev–Trinajstić information content (AvgIpc) is 3.22. The lowest BCUT2D eigenvalue weighted by molar-refractivity contribution is 0.150. The minimum Gasteiger partial charge on any atom is -0.306 e. The van der Waals surface area contributed by atoms with E-state index >= 15 is 0 Å². The van der Waals surface area contributed by atoms with Crippen LogP contribution in [0.1, 0.15) is 51.0 Å². The monoisotopic (exact) mass is 313 g/mol. The summed E-state index contributed by atoms with van der Waals surface area (Å²) in [5.74, 6) is 1.78. The standard InChI is InChI=1S/C18H27N5/c1-13(2)22-10-5-7-16(22)23-17(14-8-11-21(3)12-14)20-15-6-4-9-19-18(15)23/h4,6,9,13-14,16H,5,7-8,10-12H2,1-3H3. The molecular weight excluding hydrogens is 286 g/mol. The average molecular weight is 313 g/mol. The number of fused-ring (bicyclic) bond motifs is 1. The Kier molecular flexibility index (Phi) is 3.85. The van der Waals surface area contributed by atoms with Gasteiger partial charge in [-0.2, -0.15) is 0 Å². The summed E-state index contributed by atoms with van der Waals surface area (Å²) in [6.07, 6.45) is 5.99. The molecule has 2 atom stereocenters. The summed E-state index contributed by atoms with van der Waals surface area (Å²) in [5, 5.41) is 0. The largest absolute Gasteiger partial charge is 0.306 e. The van der Waals surface area contributed by atoms with Crippen molar-refractivity contribution in [2.75, 3.05) is 26.7 Å². The van der Waals surface area contributed by atoms with Crippen molar-refractivity contribution in [2.24, 2.45) is 0 Å². The van der Waals surface area contributed by atoms with E-state index in [1.54, 1.807) is 0 Å². The van der Waals surface area contributed by atoms with Gasteiger partial charge in [0, 0.05) is 31.2 Å². The van der Waals surface area contributed by atoms with Crippen LogP contribution in [-0.4, -0.2) is 57.1 Å². The molecule has 0 N–H and O–H groups in total. The van der Waals surface area contributed by atoms with Crippen LogP contribution in [0.25, 0.3) is 11.2 Å². The first-order valence-electron chi connectivity index (χ1n) is 8.92. The van der Waals surface area contributed by atoms with E-state index in [-0.39, 0.29) is 0 Å². The normalized spacial score (nSPS) is 26.8. The van der Waals surface area contributed by atoms with Crippen LogP contribution in [0.5, 0.6) is 0 Å². The molecule has 5 heteroatoms. The highest BCUT2D eigenvalue weighted by atomic mass is 15.4. The molecule has 0 aromatic carbocycles. The number of likely N-dealkylation sites (N-methyl/N-ethyl adjacent to an activating group) is 1. The second kappa shape index (κ2) is 5.87. The summed E-state index contributed by atoms with van der Waals surface area (Å²) in [6.45, 7) is 8.05. The van der Waals surface area contributed by atoms with Gasteiger partial charge < -0.3 is 4.90 Å². The van der Waals surface area contributed by atoms with E-state index < -0.39 is 0 Å². The lowest BCUT2D eigenvalue weighted by Gasteiger charge is -2.31. The Morgan fingerprint density at radius 2 is 2.09 bits per heavy atom. The number of hydrogen-bond acceptors (Lipinski definition) is 4. The first-order valence-corrected chi connectivity index (χ1v) is 8.92. The minimum atomic E-state index is 0.413. The summed E-state index contributed by atoms with van der Waals surface area (Å²) in [4.78, 5) is 14.7. The lowest BCUT2D eigenvalue weighted by Crippen LogP contribution is -2.34. The predicted octanol–water partition coefficient (Wildman–Crippen LogP) is 2.85. The Hall–Kier alpha value is -1.46. The van der Waals surface area contributed by atoms with Crippen molar-refractivity contribution in [1.82, 2.24) is 24.3 Å². The summed E-state index contributed by atoms with van der Waals surface area (Å²) in [6, 6.07) is 4.66. The third kappa shape index (κ3) is 2.56. The molecule has 2 fully saturated rings. The summed E-state index contributed by atoms with van der Waals surface area (Å²) >= 11 is 0. The van der Waals surface area contributed by atoms with Gasteiger partial charge in [0.15, 0.2) is 5.65 Å². The van der Waals surface area contributed by atoms with E-state index in [0.29, 0.717) is 18.1 Å². The molecule has 2 aliphatic rings. The fourth-order valence-electron chi connectivity index (χ4n) is 4.33. The Labute approximate surface area is 138 Å². The molecule has 124 valence electrons. The number of rotatable bonds is 3. The first-order chi connectivity index (χ1) is 11.1. The van der Waals surface area contributed by atoms with Crippen molar-refractivity contribution < 1.29 is 0 Å². The van der Waals surface area contributed by atoms with Gasteiger partial charge in [0.2, 0.25) is 0 Å². The maximum absolute atomic E-state index is 5.01. The summed E-state index contributed by atoms with van der Waals surface area (Å²) in [7, 11) is 2.21. The van der Waals surface area contributed by atoms with Crippen molar-refractivity contribution in [3.63, 3.8) is 0 Å². The van der Waals surface area contributed by atoms with Gasteiger partial charge in [-0.05, 0) is 58.8 Å². The van der Waals surface area contributed by atoms with Crippen LogP contribution >= 0.6 is 0 Å². The number of likely N-dealkylation sites (tertiary alicyclic amines) is 2. The molecule has 23 heavy (non-hydrogen) atoms. The Morgan fingerprint density at radius 1 is 1.22 bits per heavy atom. The van der Waals surface area contributed by atoms with Crippen LogP contribution in [0.3, 0.4) is 0 Å². The van der Waals surface area contributed by atoms with E-state index in [2.05, 4.69) is 41.3 Å². The quantitative estimate of drug-likeness (QED) is 0.873. The molecule has 0 bridgehead atoms. The number of nitrogens with zero attached hydrogens (tertiary/aromatic N) is 5. The topological polar surface area (TPSA) is 37.2 Å². The molecule has 5 nitrogen and oxygen atoms in total. The minimum absolute atomic E-state index is 0.413. The number of aromatic nitrogens is 3. The molecule has 0 radical (unpaired) electrons. The zero-order chi connectivity index (χ0) is 16.0. The predicted molar refractivity (Wildman–Crippen MR) is 92.5 cm³/mol. The Bertz CT molecular complexity index is 692. The summed E-state index contributed by atoms with van der Waals surface area (Å²) in [5.41, 5.74) is 2.11. The summed E-state index contributed by atoms with van der Waals surface area (Å²) < 4.78 is 2.46. The third-order valence-corrected chi connectivity index (χ3v) is 5.46. The third-order valence-electron chi connectivity index (χ3n) is 5.46. The van der Waals surface area contributed by atoms with Gasteiger partial charge in [-0.1, -0.05) is 0 Å². The van der Waals surface area contributed by atoms with E-state index in [1.165, 1.54) is 38.2 Å². The van der Waals surface area contributed by atoms with Crippen LogP contribution in [0.15, 0.2) is 18.3 Å². The highest BCUT2D eigenvalue weighted by molar-refractivity contribution is 5.71. The number of pyridine rings is 1. The molecule has 2 aromatic rings. The van der Waals surface area contributed by atoms with E-state index in [0.717, 1.165) is 17.7 Å². The fraction of sp³-hybridized carbons (Fsp3) is 0.667. The van der Waals surface area contributed by atoms with Crippen LogP contribution in [0, 0.1) is 0 Å². The van der Waals surface area contributed by atoms with Gasteiger partial charge in [-0.25, -0.2) is 9.97 Å². The Balaban J connectivity index is 1.83. The molecule has 4 rings (SSSR count).